The standard InChI is InChI=1S/C22H21N5O2S/c1-26(2)17-12-10-16(11-13-17)23-20(28)15-30-22-25-24-21(19-9-6-14-29-19)27(22)18-7-4-3-5-8-18/h3-14H,15H2,1-2H3,(H,23,28). The molecule has 2 aromatic heterocycles. The van der Waals surface area contributed by atoms with Crippen LogP contribution < -0.4 is 10.2 Å². The van der Waals surface area contributed by atoms with Gasteiger partial charge in [0, 0.05) is 31.2 Å². The molecule has 0 aliphatic rings. The minimum Gasteiger partial charge on any atom is -0.461 e. The summed E-state index contributed by atoms with van der Waals surface area (Å²) in [5.74, 6) is 1.30. The molecule has 1 N–H and O–H groups in total. The van der Waals surface area contributed by atoms with E-state index in [4.69, 9.17) is 4.42 Å². The smallest absolute Gasteiger partial charge is 0.234 e. The first-order chi connectivity index (χ1) is 14.6. The number of thioether (sulfide) groups is 1. The number of hydrogen-bond donors (Lipinski definition) is 1. The Hall–Kier alpha value is -3.52. The Balaban J connectivity index is 1.50. The van der Waals surface area contributed by atoms with Crippen LogP contribution in [0.3, 0.4) is 0 Å². The first-order valence-electron chi connectivity index (χ1n) is 9.36. The molecule has 2 heterocycles. The van der Waals surface area contributed by atoms with Crippen molar-refractivity contribution in [1.82, 2.24) is 14.8 Å². The van der Waals surface area contributed by atoms with Crippen LogP contribution in [-0.2, 0) is 4.79 Å². The topological polar surface area (TPSA) is 76.2 Å². The van der Waals surface area contributed by atoms with Crippen LogP contribution in [0, 0.1) is 0 Å². The lowest BCUT2D eigenvalue weighted by atomic mass is 10.2. The van der Waals surface area contributed by atoms with Gasteiger partial charge in [-0.25, -0.2) is 0 Å². The molecule has 0 saturated carbocycles. The minimum absolute atomic E-state index is 0.111. The summed E-state index contributed by atoms with van der Waals surface area (Å²) in [4.78, 5) is 14.5. The number of benzene rings is 2. The Morgan fingerprint density at radius 1 is 1.03 bits per heavy atom. The van der Waals surface area contributed by atoms with E-state index < -0.39 is 0 Å². The number of carbonyl (C=O) groups excluding carboxylic acids is 1. The molecule has 4 aromatic rings. The van der Waals surface area contributed by atoms with E-state index in [-0.39, 0.29) is 11.7 Å². The molecular formula is C22H21N5O2S. The van der Waals surface area contributed by atoms with Gasteiger partial charge < -0.3 is 14.6 Å². The van der Waals surface area contributed by atoms with E-state index >= 15 is 0 Å². The number of furan rings is 1. The van der Waals surface area contributed by atoms with Gasteiger partial charge in [0.05, 0.1) is 12.0 Å². The van der Waals surface area contributed by atoms with Gasteiger partial charge in [-0.15, -0.1) is 10.2 Å². The van der Waals surface area contributed by atoms with Crippen LogP contribution >= 0.6 is 11.8 Å². The van der Waals surface area contributed by atoms with Gasteiger partial charge in [-0.2, -0.15) is 0 Å². The summed E-state index contributed by atoms with van der Waals surface area (Å²) in [5.41, 5.74) is 2.73. The third kappa shape index (κ3) is 4.38. The van der Waals surface area contributed by atoms with Crippen LogP contribution in [-0.4, -0.2) is 40.5 Å². The third-order valence-corrected chi connectivity index (χ3v) is 5.32. The first kappa shape index (κ1) is 19.8. The molecule has 152 valence electrons. The van der Waals surface area contributed by atoms with Crippen LogP contribution in [0.2, 0.25) is 0 Å². The molecule has 4 rings (SSSR count). The highest BCUT2D eigenvalue weighted by Gasteiger charge is 2.18. The number of anilines is 2. The maximum atomic E-state index is 12.5. The zero-order valence-corrected chi connectivity index (χ0v) is 17.5. The Kier molecular flexibility index (Phi) is 5.85. The highest BCUT2D eigenvalue weighted by Crippen LogP contribution is 2.28. The summed E-state index contributed by atoms with van der Waals surface area (Å²) in [6.07, 6.45) is 1.60. The van der Waals surface area contributed by atoms with Gasteiger partial charge in [0.25, 0.3) is 0 Å². The molecule has 0 aliphatic heterocycles. The van der Waals surface area contributed by atoms with Crippen LogP contribution in [0.1, 0.15) is 0 Å². The average molecular weight is 420 g/mol. The van der Waals surface area contributed by atoms with Crippen molar-refractivity contribution in [2.75, 3.05) is 30.1 Å². The molecule has 0 unspecified atom stereocenters. The fourth-order valence-corrected chi connectivity index (χ4v) is 3.66. The van der Waals surface area contributed by atoms with Crippen LogP contribution in [0.4, 0.5) is 11.4 Å². The molecule has 0 saturated heterocycles. The second-order valence-electron chi connectivity index (χ2n) is 6.73. The first-order valence-corrected chi connectivity index (χ1v) is 10.3. The Morgan fingerprint density at radius 3 is 2.47 bits per heavy atom. The van der Waals surface area contributed by atoms with Crippen molar-refractivity contribution < 1.29 is 9.21 Å². The maximum Gasteiger partial charge on any atom is 0.234 e. The molecule has 8 heteroatoms. The number of nitrogens with one attached hydrogen (secondary N) is 1. The van der Waals surface area contributed by atoms with E-state index in [1.165, 1.54) is 11.8 Å². The highest BCUT2D eigenvalue weighted by atomic mass is 32.2. The molecule has 0 spiro atoms. The predicted octanol–water partition coefficient (Wildman–Crippen LogP) is 4.32. The van der Waals surface area contributed by atoms with Gasteiger partial charge in [0.1, 0.15) is 0 Å². The largest absolute Gasteiger partial charge is 0.461 e. The summed E-state index contributed by atoms with van der Waals surface area (Å²) < 4.78 is 7.40. The zero-order chi connectivity index (χ0) is 20.9. The van der Waals surface area contributed by atoms with E-state index in [1.54, 1.807) is 12.3 Å². The zero-order valence-electron chi connectivity index (χ0n) is 16.6. The van der Waals surface area contributed by atoms with Gasteiger partial charge in [-0.1, -0.05) is 30.0 Å². The fraction of sp³-hybridized carbons (Fsp3) is 0.136. The van der Waals surface area contributed by atoms with Crippen molar-refractivity contribution >= 4 is 29.0 Å². The molecule has 0 fully saturated rings. The van der Waals surface area contributed by atoms with E-state index in [2.05, 4.69) is 15.5 Å². The Bertz CT molecular complexity index is 1110. The lowest BCUT2D eigenvalue weighted by molar-refractivity contribution is -0.113. The number of amides is 1. The lowest BCUT2D eigenvalue weighted by Crippen LogP contribution is -2.15. The molecule has 2 aromatic carbocycles. The monoisotopic (exact) mass is 419 g/mol. The maximum absolute atomic E-state index is 12.5. The molecule has 1 amide bonds. The number of hydrogen-bond acceptors (Lipinski definition) is 6. The normalized spacial score (nSPS) is 10.7. The van der Waals surface area contributed by atoms with Crippen molar-refractivity contribution in [1.29, 1.82) is 0 Å². The highest BCUT2D eigenvalue weighted by molar-refractivity contribution is 7.99. The van der Waals surface area contributed by atoms with E-state index in [0.717, 1.165) is 17.1 Å². The van der Waals surface area contributed by atoms with Crippen LogP contribution in [0.15, 0.2) is 82.6 Å². The SMILES string of the molecule is CN(C)c1ccc(NC(=O)CSc2nnc(-c3ccco3)n2-c2ccccc2)cc1. The van der Waals surface area contributed by atoms with Gasteiger partial charge in [0.15, 0.2) is 10.9 Å². The van der Waals surface area contributed by atoms with E-state index in [0.29, 0.717) is 16.7 Å². The second kappa shape index (κ2) is 8.87. The lowest BCUT2D eigenvalue weighted by Gasteiger charge is -2.13. The molecule has 0 aliphatic carbocycles. The minimum atomic E-state index is -0.111. The fourth-order valence-electron chi connectivity index (χ4n) is 2.91. The van der Waals surface area contributed by atoms with Crippen LogP contribution in [0.5, 0.6) is 0 Å². The van der Waals surface area contributed by atoms with Crippen LogP contribution in [0.25, 0.3) is 17.3 Å². The van der Waals surface area contributed by atoms with Crippen molar-refractivity contribution in [2.24, 2.45) is 0 Å². The summed E-state index contributed by atoms with van der Waals surface area (Å²) in [7, 11) is 3.95. The number of para-hydroxylation sites is 1. The van der Waals surface area contributed by atoms with Gasteiger partial charge in [0.2, 0.25) is 11.7 Å². The summed E-state index contributed by atoms with van der Waals surface area (Å²) in [6.45, 7) is 0. The molecule has 0 bridgehead atoms. The quantitative estimate of drug-likeness (QED) is 0.450. The van der Waals surface area contributed by atoms with Gasteiger partial charge in [-0.05, 0) is 48.5 Å². The number of rotatable bonds is 7. The molecular weight excluding hydrogens is 398 g/mol. The summed E-state index contributed by atoms with van der Waals surface area (Å²) in [6, 6.07) is 21.1. The van der Waals surface area contributed by atoms with Crippen molar-refractivity contribution in [2.45, 2.75) is 5.16 Å². The third-order valence-electron chi connectivity index (χ3n) is 4.39. The van der Waals surface area contributed by atoms with Gasteiger partial charge >= 0.3 is 0 Å². The predicted molar refractivity (Wildman–Crippen MR) is 119 cm³/mol. The summed E-state index contributed by atoms with van der Waals surface area (Å²) in [5, 5.41) is 12.1. The number of carbonyl (C=O) groups is 1. The van der Waals surface area contributed by atoms with Crippen molar-refractivity contribution in [3.05, 3.63) is 73.0 Å². The number of aromatic nitrogens is 3. The van der Waals surface area contributed by atoms with Crippen molar-refractivity contribution in [3.8, 4) is 17.3 Å². The van der Waals surface area contributed by atoms with E-state index in [1.807, 2.05) is 84.2 Å². The summed E-state index contributed by atoms with van der Waals surface area (Å²) >= 11 is 1.32. The molecule has 0 atom stereocenters. The Morgan fingerprint density at radius 2 is 1.80 bits per heavy atom. The molecule has 7 nitrogen and oxygen atoms in total. The van der Waals surface area contributed by atoms with Gasteiger partial charge in [-0.3, -0.25) is 9.36 Å². The Labute approximate surface area is 178 Å². The number of nitrogens with zero attached hydrogens (tertiary/aromatic N) is 4. The van der Waals surface area contributed by atoms with Crippen molar-refractivity contribution in [3.63, 3.8) is 0 Å². The molecule has 30 heavy (non-hydrogen) atoms. The molecule has 0 radical (unpaired) electrons. The second-order valence-corrected chi connectivity index (χ2v) is 7.68. The average Bonchev–Trinajstić information content (AvgIpc) is 3.43. The van der Waals surface area contributed by atoms with E-state index in [9.17, 15) is 4.79 Å².